The Labute approximate surface area is 127 Å². The van der Waals surface area contributed by atoms with Gasteiger partial charge in [0.15, 0.2) is 0 Å². The van der Waals surface area contributed by atoms with Gasteiger partial charge in [0.25, 0.3) is 0 Å². The molecule has 0 radical (unpaired) electrons. The van der Waals surface area contributed by atoms with Crippen LogP contribution in [-0.2, 0) is 9.53 Å². The summed E-state index contributed by atoms with van der Waals surface area (Å²) >= 11 is 0. The van der Waals surface area contributed by atoms with Crippen molar-refractivity contribution in [3.63, 3.8) is 0 Å². The van der Waals surface area contributed by atoms with Crippen molar-refractivity contribution in [3.8, 4) is 0 Å². The summed E-state index contributed by atoms with van der Waals surface area (Å²) in [6.07, 6.45) is 0.803. The molecule has 1 atom stereocenters. The third kappa shape index (κ3) is 5.72. The Bertz CT molecular complexity index is 502. The molecule has 0 saturated carbocycles. The fraction of sp³-hybridized carbons (Fsp3) is 0.500. The van der Waals surface area contributed by atoms with Gasteiger partial charge in [-0.2, -0.15) is 0 Å². The van der Waals surface area contributed by atoms with Crippen molar-refractivity contribution in [1.29, 1.82) is 0 Å². The first-order chi connectivity index (χ1) is 9.50. The molecule has 3 heteroatoms. The molecule has 0 heterocycles. The van der Waals surface area contributed by atoms with Gasteiger partial charge < -0.3 is 9.84 Å². The van der Waals surface area contributed by atoms with Gasteiger partial charge >= 0.3 is 5.97 Å². The molecule has 0 spiro atoms. The van der Waals surface area contributed by atoms with Gasteiger partial charge in [0, 0.05) is 0 Å². The number of rotatable bonds is 3. The van der Waals surface area contributed by atoms with E-state index in [0.29, 0.717) is 0 Å². The second-order valence-electron chi connectivity index (χ2n) is 7.28. The van der Waals surface area contributed by atoms with Crippen LogP contribution in [0.4, 0.5) is 0 Å². The molecular formula is C18H26O3. The van der Waals surface area contributed by atoms with Crippen molar-refractivity contribution < 1.29 is 14.6 Å². The molecule has 0 aromatic heterocycles. The number of benzene rings is 1. The fourth-order valence-corrected chi connectivity index (χ4v) is 1.78. The van der Waals surface area contributed by atoms with Gasteiger partial charge in [-0.05, 0) is 37.8 Å². The highest BCUT2D eigenvalue weighted by Crippen LogP contribution is 2.28. The van der Waals surface area contributed by atoms with E-state index in [9.17, 15) is 9.90 Å². The van der Waals surface area contributed by atoms with Gasteiger partial charge in [-0.1, -0.05) is 51.1 Å². The zero-order chi connectivity index (χ0) is 16.3. The molecule has 0 aliphatic carbocycles. The van der Waals surface area contributed by atoms with E-state index in [0.717, 1.165) is 5.56 Å². The smallest absolute Gasteiger partial charge is 0.337 e. The Morgan fingerprint density at radius 2 is 1.62 bits per heavy atom. The van der Waals surface area contributed by atoms with Crippen molar-refractivity contribution in [2.24, 2.45) is 5.41 Å². The molecule has 116 valence electrons. The Morgan fingerprint density at radius 1 is 1.10 bits per heavy atom. The second kappa shape index (κ2) is 6.44. The maximum atomic E-state index is 12.4. The van der Waals surface area contributed by atoms with E-state index in [1.165, 1.54) is 0 Å². The number of ether oxygens (including phenoxy) is 1. The van der Waals surface area contributed by atoms with Gasteiger partial charge in [0.05, 0.1) is 11.7 Å². The molecule has 3 nitrogen and oxygen atoms in total. The fourth-order valence-electron chi connectivity index (χ4n) is 1.78. The van der Waals surface area contributed by atoms with Crippen LogP contribution in [0.5, 0.6) is 0 Å². The van der Waals surface area contributed by atoms with Gasteiger partial charge in [-0.25, -0.2) is 4.79 Å². The van der Waals surface area contributed by atoms with Crippen LogP contribution in [-0.4, -0.2) is 22.8 Å². The number of aliphatic hydroxyl groups is 1. The van der Waals surface area contributed by atoms with Crippen molar-refractivity contribution in [3.05, 3.63) is 41.5 Å². The summed E-state index contributed by atoms with van der Waals surface area (Å²) in [6.45, 7) is 11.1. The predicted molar refractivity (Wildman–Crippen MR) is 85.7 cm³/mol. The topological polar surface area (TPSA) is 46.5 Å². The van der Waals surface area contributed by atoms with Crippen molar-refractivity contribution in [2.45, 2.75) is 53.2 Å². The highest BCUT2D eigenvalue weighted by Gasteiger charge is 2.32. The summed E-state index contributed by atoms with van der Waals surface area (Å²) < 4.78 is 5.42. The van der Waals surface area contributed by atoms with Gasteiger partial charge in [0.2, 0.25) is 0 Å². The SMILES string of the molecule is CC(C)(C)OC(=O)/C(=C/c1ccccc1)[C@H](O)C(C)(C)C. The van der Waals surface area contributed by atoms with E-state index in [-0.39, 0.29) is 5.57 Å². The first-order valence-electron chi connectivity index (χ1n) is 7.19. The summed E-state index contributed by atoms with van der Waals surface area (Å²) in [5.74, 6) is -0.478. The summed E-state index contributed by atoms with van der Waals surface area (Å²) in [4.78, 5) is 12.4. The Hall–Kier alpha value is -1.61. The number of hydrogen-bond acceptors (Lipinski definition) is 3. The zero-order valence-electron chi connectivity index (χ0n) is 13.8. The highest BCUT2D eigenvalue weighted by molar-refractivity contribution is 5.95. The van der Waals surface area contributed by atoms with Gasteiger partial charge in [-0.3, -0.25) is 0 Å². The van der Waals surface area contributed by atoms with E-state index < -0.39 is 23.1 Å². The maximum absolute atomic E-state index is 12.4. The molecule has 0 bridgehead atoms. The molecule has 0 unspecified atom stereocenters. The van der Waals surface area contributed by atoms with Crippen molar-refractivity contribution in [1.82, 2.24) is 0 Å². The molecule has 0 amide bonds. The third-order valence-electron chi connectivity index (χ3n) is 2.87. The first kappa shape index (κ1) is 17.4. The number of carbonyl (C=O) groups is 1. The number of esters is 1. The molecule has 1 aromatic rings. The number of hydrogen-bond donors (Lipinski definition) is 1. The minimum Gasteiger partial charge on any atom is -0.457 e. The summed E-state index contributed by atoms with van der Waals surface area (Å²) in [6, 6.07) is 9.47. The Morgan fingerprint density at radius 3 is 2.05 bits per heavy atom. The average molecular weight is 290 g/mol. The molecule has 1 aromatic carbocycles. The Kier molecular flexibility index (Phi) is 5.35. The van der Waals surface area contributed by atoms with Crippen LogP contribution >= 0.6 is 0 Å². The molecular weight excluding hydrogens is 264 g/mol. The predicted octanol–water partition coefficient (Wildman–Crippen LogP) is 3.82. The van der Waals surface area contributed by atoms with E-state index in [2.05, 4.69) is 0 Å². The molecule has 1 rings (SSSR count). The monoisotopic (exact) mass is 290 g/mol. The minimum absolute atomic E-state index is 0.281. The van der Waals surface area contributed by atoms with Crippen LogP contribution in [0.1, 0.15) is 47.1 Å². The highest BCUT2D eigenvalue weighted by atomic mass is 16.6. The molecule has 0 aliphatic heterocycles. The maximum Gasteiger partial charge on any atom is 0.337 e. The second-order valence-corrected chi connectivity index (χ2v) is 7.28. The third-order valence-corrected chi connectivity index (χ3v) is 2.87. The largest absolute Gasteiger partial charge is 0.457 e. The van der Waals surface area contributed by atoms with Gasteiger partial charge in [-0.15, -0.1) is 0 Å². The zero-order valence-corrected chi connectivity index (χ0v) is 13.8. The van der Waals surface area contributed by atoms with Crippen LogP contribution in [0.25, 0.3) is 6.08 Å². The molecule has 21 heavy (non-hydrogen) atoms. The standard InChI is InChI=1S/C18H26O3/c1-17(2,3)15(19)14(16(20)21-18(4,5)6)12-13-10-8-7-9-11-13/h7-12,15,19H,1-6H3/b14-12+/t15-/m0/s1. The first-order valence-corrected chi connectivity index (χ1v) is 7.19. The lowest BCUT2D eigenvalue weighted by molar-refractivity contribution is -0.151. The van der Waals surface area contributed by atoms with Crippen LogP contribution < -0.4 is 0 Å². The van der Waals surface area contributed by atoms with Crippen LogP contribution in [0, 0.1) is 5.41 Å². The summed E-state index contributed by atoms with van der Waals surface area (Å²) in [7, 11) is 0. The van der Waals surface area contributed by atoms with E-state index in [1.807, 2.05) is 71.9 Å². The van der Waals surface area contributed by atoms with Crippen LogP contribution in [0.15, 0.2) is 35.9 Å². The quantitative estimate of drug-likeness (QED) is 0.680. The van der Waals surface area contributed by atoms with Gasteiger partial charge in [0.1, 0.15) is 5.60 Å². The molecule has 0 fully saturated rings. The summed E-state index contributed by atoms with van der Waals surface area (Å²) in [5, 5.41) is 10.5. The van der Waals surface area contributed by atoms with Crippen molar-refractivity contribution in [2.75, 3.05) is 0 Å². The van der Waals surface area contributed by atoms with E-state index in [4.69, 9.17) is 4.74 Å². The lowest BCUT2D eigenvalue weighted by Gasteiger charge is -2.29. The minimum atomic E-state index is -0.896. The normalized spacial score (nSPS) is 14.7. The number of aliphatic hydroxyl groups excluding tert-OH is 1. The van der Waals surface area contributed by atoms with Crippen LogP contribution in [0.3, 0.4) is 0 Å². The molecule has 0 aliphatic rings. The molecule has 1 N–H and O–H groups in total. The Balaban J connectivity index is 3.18. The lowest BCUT2D eigenvalue weighted by Crippen LogP contribution is -2.35. The van der Waals surface area contributed by atoms with Crippen molar-refractivity contribution >= 4 is 12.0 Å². The summed E-state index contributed by atoms with van der Waals surface area (Å²) in [5.41, 5.74) is 0.104. The lowest BCUT2D eigenvalue weighted by atomic mass is 9.84. The van der Waals surface area contributed by atoms with E-state index >= 15 is 0 Å². The number of carbonyl (C=O) groups excluding carboxylic acids is 1. The van der Waals surface area contributed by atoms with Crippen LogP contribution in [0.2, 0.25) is 0 Å². The average Bonchev–Trinajstić information content (AvgIpc) is 2.33. The molecule has 0 saturated heterocycles. The van der Waals surface area contributed by atoms with E-state index in [1.54, 1.807) is 6.08 Å².